The van der Waals surface area contributed by atoms with Crippen LogP contribution < -0.4 is 0 Å². The first kappa shape index (κ1) is 34.4. The number of carbonyl (C=O) groups is 2. The summed E-state index contributed by atoms with van der Waals surface area (Å²) in [4.78, 5) is 35.4. The molecule has 6 atom stereocenters. The van der Waals surface area contributed by atoms with Gasteiger partial charge in [-0.05, 0) is 82.4 Å². The summed E-state index contributed by atoms with van der Waals surface area (Å²) in [5, 5.41) is 12.2. The Labute approximate surface area is 309 Å². The Hall–Kier alpha value is -3.72. The number of nitrogens with zero attached hydrogens (tertiary/aromatic N) is 5. The van der Waals surface area contributed by atoms with Gasteiger partial charge in [0.25, 0.3) is 0 Å². The van der Waals surface area contributed by atoms with Gasteiger partial charge in [-0.2, -0.15) is 5.26 Å². The van der Waals surface area contributed by atoms with Crippen LogP contribution in [-0.4, -0.2) is 69.1 Å². The largest absolute Gasteiger partial charge is 0.453 e. The van der Waals surface area contributed by atoms with Gasteiger partial charge in [0.05, 0.1) is 46.9 Å². The molecule has 0 N–H and O–H groups in total. The van der Waals surface area contributed by atoms with E-state index in [0.717, 1.165) is 35.9 Å². The molecule has 2 aromatic heterocycles. The van der Waals surface area contributed by atoms with Gasteiger partial charge in [0.1, 0.15) is 16.1 Å². The first-order chi connectivity index (χ1) is 24.4. The van der Waals surface area contributed by atoms with Crippen LogP contribution in [-0.2, 0) is 15.9 Å². The average molecular weight is 751 g/mol. The van der Waals surface area contributed by atoms with E-state index >= 15 is 4.39 Å². The highest BCUT2D eigenvalue weighted by molar-refractivity contribution is 7.98. The number of halogens is 3. The molecular weight excluding hydrogens is 712 g/mol. The number of rotatable bonds is 6. The summed E-state index contributed by atoms with van der Waals surface area (Å²) in [6.45, 7) is 6.12. The zero-order valence-electron chi connectivity index (χ0n) is 29.0. The van der Waals surface area contributed by atoms with E-state index < -0.39 is 11.4 Å². The number of ether oxygens (including phenoxy) is 2. The second kappa shape index (κ2) is 12.5. The third kappa shape index (κ3) is 5.43. The van der Waals surface area contributed by atoms with E-state index in [-0.39, 0.29) is 71.2 Å². The minimum absolute atomic E-state index is 0.111. The second-order valence-corrected chi connectivity index (χ2v) is 16.7. The van der Waals surface area contributed by atoms with Crippen molar-refractivity contribution in [1.29, 1.82) is 5.26 Å². The summed E-state index contributed by atoms with van der Waals surface area (Å²) in [7, 11) is 1.41. The summed E-state index contributed by atoms with van der Waals surface area (Å²) < 4.78 is 30.7. The lowest BCUT2D eigenvalue weighted by atomic mass is 9.79. The molecule has 2 aliphatic carbocycles. The van der Waals surface area contributed by atoms with Crippen LogP contribution in [0.2, 0.25) is 10.0 Å². The van der Waals surface area contributed by atoms with Crippen LogP contribution in [0.5, 0.6) is 0 Å². The highest BCUT2D eigenvalue weighted by Gasteiger charge is 2.59. The highest BCUT2D eigenvalue weighted by Crippen LogP contribution is 2.58. The van der Waals surface area contributed by atoms with Crippen LogP contribution >= 0.6 is 35.0 Å². The van der Waals surface area contributed by atoms with Crippen LogP contribution in [0.1, 0.15) is 69.8 Å². The van der Waals surface area contributed by atoms with Gasteiger partial charge in [-0.25, -0.2) is 19.0 Å². The molecule has 13 heteroatoms. The van der Waals surface area contributed by atoms with E-state index in [0.29, 0.717) is 39.0 Å². The predicted octanol–water partition coefficient (Wildman–Crippen LogP) is 9.56. The molecule has 0 spiro atoms. The summed E-state index contributed by atoms with van der Waals surface area (Å²) >= 11 is 14.5. The van der Waals surface area contributed by atoms with Crippen LogP contribution in [0, 0.1) is 29.0 Å². The van der Waals surface area contributed by atoms with Crippen molar-refractivity contribution in [3.8, 4) is 17.2 Å². The van der Waals surface area contributed by atoms with Crippen LogP contribution in [0.25, 0.3) is 32.9 Å². The van der Waals surface area contributed by atoms with Crippen molar-refractivity contribution in [2.75, 3.05) is 19.9 Å². The monoisotopic (exact) mass is 749 g/mol. The standard InChI is InChI=1S/C38H38Cl2FN5O4S/c1-38(2,3)50-36(47)44-17-20-15-28(44)33(20)46-27(26-14-19-13-25(19)45(26)37(48)49-4)16-23-34(46)22-12-18(8-7-11-42)29(21-9-6-10-24(39)30(21)40)31(41)32(22)43-35(23)51-5/h6,9-10,12,16,19-20,25-26,28,33H,7-8,13-15,17H2,1-5H3/t19-,20+,25+,26+,28+,33-/m0/s1. The second-order valence-electron chi connectivity index (χ2n) is 15.1. The number of likely N-dealkylation sites (tertiary alicyclic amines) is 1. The van der Waals surface area contributed by atoms with E-state index in [1.807, 2.05) is 42.9 Å². The maximum atomic E-state index is 17.3. The molecule has 2 amide bonds. The molecular formula is C38H38Cl2FN5O4S. The van der Waals surface area contributed by atoms with Crippen molar-refractivity contribution in [3.05, 3.63) is 57.5 Å². The Morgan fingerprint density at radius 2 is 1.86 bits per heavy atom. The minimum atomic E-state index is -0.646. The lowest BCUT2D eigenvalue weighted by molar-refractivity contribution is 0.0208. The van der Waals surface area contributed by atoms with Crippen molar-refractivity contribution < 1.29 is 23.5 Å². The summed E-state index contributed by atoms with van der Waals surface area (Å²) in [6.07, 6.45) is 4.19. The maximum Gasteiger partial charge on any atom is 0.410 e. The molecule has 3 aliphatic heterocycles. The smallest absolute Gasteiger partial charge is 0.410 e. The number of aryl methyl sites for hydroxylation is 1. The van der Waals surface area contributed by atoms with Crippen molar-refractivity contribution in [1.82, 2.24) is 19.4 Å². The molecule has 0 radical (unpaired) electrons. The van der Waals surface area contributed by atoms with Gasteiger partial charge in [0, 0.05) is 52.5 Å². The number of pyridine rings is 1. The van der Waals surface area contributed by atoms with Gasteiger partial charge in [0.2, 0.25) is 0 Å². The number of aromatic nitrogens is 2. The van der Waals surface area contributed by atoms with Crippen molar-refractivity contribution in [2.24, 2.45) is 11.8 Å². The number of amides is 2. The molecule has 2 bridgehead atoms. The Morgan fingerprint density at radius 1 is 1.10 bits per heavy atom. The number of benzene rings is 2. The van der Waals surface area contributed by atoms with Gasteiger partial charge in [-0.1, -0.05) is 35.3 Å². The summed E-state index contributed by atoms with van der Waals surface area (Å²) in [6, 6.07) is 11.0. The van der Waals surface area contributed by atoms with E-state index in [4.69, 9.17) is 37.7 Å². The van der Waals surface area contributed by atoms with E-state index in [2.05, 4.69) is 16.7 Å². The predicted molar refractivity (Wildman–Crippen MR) is 196 cm³/mol. The van der Waals surface area contributed by atoms with Gasteiger partial charge in [0.15, 0.2) is 5.82 Å². The van der Waals surface area contributed by atoms with Crippen molar-refractivity contribution in [2.45, 2.75) is 87.7 Å². The van der Waals surface area contributed by atoms with Gasteiger partial charge in [-0.3, -0.25) is 4.90 Å². The Balaban J connectivity index is 1.40. The molecule has 0 unspecified atom stereocenters. The average Bonchev–Trinajstić information content (AvgIpc) is 3.44. The Bertz CT molecular complexity index is 2180. The van der Waals surface area contributed by atoms with Gasteiger partial charge >= 0.3 is 12.2 Å². The number of hydrogen-bond acceptors (Lipinski definition) is 7. The lowest BCUT2D eigenvalue weighted by Gasteiger charge is -2.40. The fraction of sp³-hybridized carbons (Fsp3) is 0.474. The molecule has 2 saturated carbocycles. The summed E-state index contributed by atoms with van der Waals surface area (Å²) in [5.41, 5.74) is 2.59. The fourth-order valence-corrected chi connectivity index (χ4v) is 9.78. The number of thioether (sulfide) groups is 1. The van der Waals surface area contributed by atoms with Crippen molar-refractivity contribution in [3.63, 3.8) is 0 Å². The quantitative estimate of drug-likeness (QED) is 0.181. The summed E-state index contributed by atoms with van der Waals surface area (Å²) in [5.74, 6) is -0.0269. The maximum absolute atomic E-state index is 17.3. The first-order valence-electron chi connectivity index (χ1n) is 17.3. The molecule has 5 heterocycles. The molecule has 4 aromatic rings. The van der Waals surface area contributed by atoms with Crippen LogP contribution in [0.15, 0.2) is 35.4 Å². The van der Waals surface area contributed by atoms with Crippen molar-refractivity contribution >= 4 is 69.0 Å². The normalized spacial score (nSPS) is 24.8. The van der Waals surface area contributed by atoms with Crippen LogP contribution in [0.4, 0.5) is 14.0 Å². The third-order valence-electron chi connectivity index (χ3n) is 11.0. The molecule has 2 aromatic carbocycles. The van der Waals surface area contributed by atoms with Crippen LogP contribution in [0.3, 0.4) is 0 Å². The third-order valence-corrected chi connectivity index (χ3v) is 12.5. The molecule has 3 saturated heterocycles. The molecule has 9 rings (SSSR count). The van der Waals surface area contributed by atoms with Gasteiger partial charge in [-0.15, -0.1) is 11.8 Å². The minimum Gasteiger partial charge on any atom is -0.453 e. The number of methoxy groups -OCH3 is 1. The highest BCUT2D eigenvalue weighted by atomic mass is 35.5. The lowest BCUT2D eigenvalue weighted by Crippen LogP contribution is -2.45. The molecule has 5 aliphatic rings. The van der Waals surface area contributed by atoms with E-state index in [1.165, 1.54) is 18.9 Å². The Kier molecular flexibility index (Phi) is 8.39. The zero-order valence-corrected chi connectivity index (χ0v) is 31.3. The van der Waals surface area contributed by atoms with E-state index in [9.17, 15) is 14.9 Å². The fourth-order valence-electron chi connectivity index (χ4n) is 8.83. The molecule has 5 fully saturated rings. The number of nitriles is 1. The molecule has 51 heavy (non-hydrogen) atoms. The number of fused-ring (bicyclic) bond motifs is 5. The number of piperidine rings is 1. The molecule has 266 valence electrons. The number of hydrogen-bond donors (Lipinski definition) is 0. The SMILES string of the molecule is COC(=O)N1[C@@H](c2cc3c(SC)nc4c(F)c(-c5cccc(Cl)c5Cl)c(CCC#N)cc4c3n2[C@H]2[C@@H]3C[C@H]2N(C(=O)OC(C)(C)C)C3)C[C@@H]2C[C@H]21. The molecule has 9 nitrogen and oxygen atoms in total. The number of carbonyl (C=O) groups excluding carboxylic acids is 2. The zero-order chi connectivity index (χ0) is 36.1. The topological polar surface area (TPSA) is 101 Å². The van der Waals surface area contributed by atoms with E-state index in [1.54, 1.807) is 18.2 Å². The Morgan fingerprint density at radius 3 is 2.57 bits per heavy atom. The van der Waals surface area contributed by atoms with Gasteiger partial charge < -0.3 is 18.9 Å². The first-order valence-corrected chi connectivity index (χ1v) is 19.3.